The molecule has 6 heteroatoms. The van der Waals surface area contributed by atoms with Crippen molar-refractivity contribution in [1.82, 2.24) is 10.2 Å². The molecule has 148 valence electrons. The first kappa shape index (κ1) is 19.9. The van der Waals surface area contributed by atoms with E-state index in [1.165, 1.54) is 0 Å². The molecular weight excluding hydrogens is 356 g/mol. The van der Waals surface area contributed by atoms with E-state index in [4.69, 9.17) is 4.74 Å². The fraction of sp³-hybridized carbons (Fsp3) is 0.364. The van der Waals surface area contributed by atoms with Crippen LogP contribution < -0.4 is 10.1 Å². The zero-order valence-corrected chi connectivity index (χ0v) is 16.2. The van der Waals surface area contributed by atoms with E-state index in [2.05, 4.69) is 5.32 Å². The largest absolute Gasteiger partial charge is 0.490 e. The summed E-state index contributed by atoms with van der Waals surface area (Å²) in [7, 11) is 0. The van der Waals surface area contributed by atoms with Crippen molar-refractivity contribution in [3.05, 3.63) is 65.2 Å². The van der Waals surface area contributed by atoms with Gasteiger partial charge in [-0.3, -0.25) is 9.69 Å². The van der Waals surface area contributed by atoms with Crippen LogP contribution in [0.1, 0.15) is 23.1 Å². The highest BCUT2D eigenvalue weighted by Gasteiger charge is 2.38. The summed E-state index contributed by atoms with van der Waals surface area (Å²) in [5.41, 5.74) is 3.07. The lowest BCUT2D eigenvalue weighted by Crippen LogP contribution is -2.40. The van der Waals surface area contributed by atoms with Crippen LogP contribution in [0.15, 0.2) is 48.5 Å². The van der Waals surface area contributed by atoms with Crippen LogP contribution in [0.2, 0.25) is 0 Å². The maximum Gasteiger partial charge on any atom is 0.324 e. The number of carbonyl (C=O) groups excluding carboxylic acids is 2. The maximum absolute atomic E-state index is 12.5. The first-order valence-corrected chi connectivity index (χ1v) is 9.48. The molecule has 1 saturated heterocycles. The Labute approximate surface area is 165 Å². The molecule has 2 N–H and O–H groups in total. The first-order chi connectivity index (χ1) is 13.5. The number of para-hydroxylation sites is 1. The minimum atomic E-state index is -0.957. The summed E-state index contributed by atoms with van der Waals surface area (Å²) in [5.74, 6) is 0.423. The van der Waals surface area contributed by atoms with E-state index >= 15 is 0 Å². The van der Waals surface area contributed by atoms with Gasteiger partial charge < -0.3 is 15.2 Å². The Hall–Kier alpha value is -2.86. The molecule has 6 nitrogen and oxygen atoms in total. The Morgan fingerprint density at radius 3 is 2.43 bits per heavy atom. The average Bonchev–Trinajstić information content (AvgIpc) is 2.94. The second-order valence-electron chi connectivity index (χ2n) is 7.16. The van der Waals surface area contributed by atoms with Crippen LogP contribution >= 0.6 is 0 Å². The Morgan fingerprint density at radius 1 is 1.07 bits per heavy atom. The molecule has 1 aliphatic rings. The van der Waals surface area contributed by atoms with E-state index in [0.29, 0.717) is 12.8 Å². The lowest BCUT2D eigenvalue weighted by Gasteiger charge is -2.19. The summed E-state index contributed by atoms with van der Waals surface area (Å²) in [6.45, 7) is 3.79. The number of nitrogens with zero attached hydrogens (tertiary/aromatic N) is 1. The van der Waals surface area contributed by atoms with Crippen molar-refractivity contribution in [3.63, 3.8) is 0 Å². The molecule has 2 atom stereocenters. The Morgan fingerprint density at radius 2 is 1.75 bits per heavy atom. The van der Waals surface area contributed by atoms with Crippen molar-refractivity contribution in [2.24, 2.45) is 0 Å². The summed E-state index contributed by atoms with van der Waals surface area (Å²) in [6.07, 6.45) is 0.269. The van der Waals surface area contributed by atoms with Crippen LogP contribution in [0.3, 0.4) is 0 Å². The molecule has 2 aromatic rings. The lowest BCUT2D eigenvalue weighted by molar-refractivity contribution is -0.128. The summed E-state index contributed by atoms with van der Waals surface area (Å²) < 4.78 is 5.72. The highest BCUT2D eigenvalue weighted by atomic mass is 16.5. The molecule has 1 fully saturated rings. The number of imide groups is 1. The number of benzene rings is 2. The molecule has 1 aliphatic heterocycles. The molecule has 0 saturated carbocycles. The SMILES string of the molecule is Cc1cccc(C)c1OCC(O)CN1C(=O)NC(CCc2ccccc2)C1=O. The molecule has 28 heavy (non-hydrogen) atoms. The van der Waals surface area contributed by atoms with Crippen LogP contribution in [0.5, 0.6) is 5.75 Å². The molecule has 2 aromatic carbocycles. The summed E-state index contributed by atoms with van der Waals surface area (Å²) >= 11 is 0. The van der Waals surface area contributed by atoms with E-state index in [-0.39, 0.29) is 19.1 Å². The normalized spacial score (nSPS) is 17.5. The van der Waals surface area contributed by atoms with Crippen LogP contribution in [0.25, 0.3) is 0 Å². The van der Waals surface area contributed by atoms with Crippen LogP contribution in [0, 0.1) is 13.8 Å². The van der Waals surface area contributed by atoms with E-state index in [1.54, 1.807) is 0 Å². The van der Waals surface area contributed by atoms with Gasteiger partial charge in [-0.25, -0.2) is 4.79 Å². The van der Waals surface area contributed by atoms with E-state index in [0.717, 1.165) is 27.3 Å². The van der Waals surface area contributed by atoms with Gasteiger partial charge in [0.1, 0.15) is 24.5 Å². The van der Waals surface area contributed by atoms with Crippen molar-refractivity contribution in [2.45, 2.75) is 38.8 Å². The minimum Gasteiger partial charge on any atom is -0.490 e. The van der Waals surface area contributed by atoms with Gasteiger partial charge in [0, 0.05) is 0 Å². The number of nitrogens with one attached hydrogen (secondary N) is 1. The number of aliphatic hydroxyl groups excluding tert-OH is 1. The third-order valence-corrected chi connectivity index (χ3v) is 4.89. The van der Waals surface area contributed by atoms with Crippen molar-refractivity contribution in [1.29, 1.82) is 0 Å². The number of amides is 3. The van der Waals surface area contributed by atoms with Crippen molar-refractivity contribution in [3.8, 4) is 5.75 Å². The number of carbonyl (C=O) groups is 2. The number of aliphatic hydroxyl groups is 1. The summed E-state index contributed by atoms with van der Waals surface area (Å²) in [6, 6.07) is 14.6. The summed E-state index contributed by atoms with van der Waals surface area (Å²) in [4.78, 5) is 25.8. The second-order valence-corrected chi connectivity index (χ2v) is 7.16. The second kappa shape index (κ2) is 8.89. The third-order valence-electron chi connectivity index (χ3n) is 4.89. The van der Waals surface area contributed by atoms with E-state index in [9.17, 15) is 14.7 Å². The van der Waals surface area contributed by atoms with Crippen LogP contribution in [-0.4, -0.2) is 47.2 Å². The maximum atomic E-state index is 12.5. The van der Waals surface area contributed by atoms with E-state index < -0.39 is 18.2 Å². The Balaban J connectivity index is 1.52. The molecule has 3 amide bonds. The molecule has 0 aromatic heterocycles. The van der Waals surface area contributed by atoms with Gasteiger partial charge in [0.15, 0.2) is 0 Å². The van der Waals surface area contributed by atoms with Gasteiger partial charge >= 0.3 is 6.03 Å². The van der Waals surface area contributed by atoms with Gasteiger partial charge in [0.2, 0.25) is 0 Å². The van der Waals surface area contributed by atoms with Gasteiger partial charge in [-0.1, -0.05) is 48.5 Å². The third kappa shape index (κ3) is 4.70. The van der Waals surface area contributed by atoms with Gasteiger partial charge in [0.25, 0.3) is 5.91 Å². The smallest absolute Gasteiger partial charge is 0.324 e. The molecule has 0 bridgehead atoms. The molecular formula is C22H26N2O4. The topological polar surface area (TPSA) is 78.9 Å². The number of ether oxygens (including phenoxy) is 1. The van der Waals surface area contributed by atoms with Crippen molar-refractivity contribution < 1.29 is 19.4 Å². The van der Waals surface area contributed by atoms with Crippen molar-refractivity contribution >= 4 is 11.9 Å². The lowest BCUT2D eigenvalue weighted by atomic mass is 10.1. The fourth-order valence-corrected chi connectivity index (χ4v) is 3.37. The number of β-amino-alcohol motifs (C(OH)–C–C–N with tert-alkyl or cyclic N) is 1. The summed E-state index contributed by atoms with van der Waals surface area (Å²) in [5, 5.41) is 13.0. The highest BCUT2D eigenvalue weighted by molar-refractivity contribution is 6.04. The predicted molar refractivity (Wildman–Crippen MR) is 106 cm³/mol. The molecule has 0 spiro atoms. The zero-order valence-electron chi connectivity index (χ0n) is 16.2. The fourth-order valence-electron chi connectivity index (χ4n) is 3.37. The number of aryl methyl sites for hydroxylation is 3. The van der Waals surface area contributed by atoms with Gasteiger partial charge in [-0.2, -0.15) is 0 Å². The Kier molecular flexibility index (Phi) is 6.31. The molecule has 1 heterocycles. The standard InChI is InChI=1S/C22H26N2O4/c1-15-7-6-8-16(2)20(15)28-14-18(25)13-24-21(26)19(23-22(24)27)12-11-17-9-4-3-5-10-17/h3-10,18-19,25H,11-14H2,1-2H3,(H,23,27). The van der Waals surface area contributed by atoms with E-state index in [1.807, 2.05) is 62.4 Å². The number of rotatable bonds is 8. The average molecular weight is 382 g/mol. The van der Waals surface area contributed by atoms with Crippen LogP contribution in [0.4, 0.5) is 4.79 Å². The Bertz CT molecular complexity index is 817. The monoisotopic (exact) mass is 382 g/mol. The minimum absolute atomic E-state index is 0.0113. The van der Waals surface area contributed by atoms with Crippen molar-refractivity contribution in [2.75, 3.05) is 13.2 Å². The predicted octanol–water partition coefficient (Wildman–Crippen LogP) is 2.60. The highest BCUT2D eigenvalue weighted by Crippen LogP contribution is 2.22. The van der Waals surface area contributed by atoms with Gasteiger partial charge in [-0.05, 0) is 43.4 Å². The number of hydrogen-bond donors (Lipinski definition) is 2. The molecule has 0 radical (unpaired) electrons. The zero-order chi connectivity index (χ0) is 20.1. The molecule has 3 rings (SSSR count). The first-order valence-electron chi connectivity index (χ1n) is 9.48. The van der Waals surface area contributed by atoms with Gasteiger partial charge in [0.05, 0.1) is 6.54 Å². The molecule has 0 aliphatic carbocycles. The quantitative estimate of drug-likeness (QED) is 0.688. The van der Waals surface area contributed by atoms with Crippen LogP contribution in [-0.2, 0) is 11.2 Å². The number of hydrogen-bond acceptors (Lipinski definition) is 4. The number of urea groups is 1. The molecule has 2 unspecified atom stereocenters. The van der Waals surface area contributed by atoms with Gasteiger partial charge in [-0.15, -0.1) is 0 Å².